The van der Waals surface area contributed by atoms with Gasteiger partial charge in [-0.15, -0.1) is 10.2 Å². The summed E-state index contributed by atoms with van der Waals surface area (Å²) in [4.78, 5) is 11.2. The van der Waals surface area contributed by atoms with E-state index in [4.69, 9.17) is 9.47 Å². The molecule has 0 fully saturated rings. The summed E-state index contributed by atoms with van der Waals surface area (Å²) in [6.45, 7) is 3.76. The van der Waals surface area contributed by atoms with E-state index in [0.29, 0.717) is 28.0 Å². The maximum Gasteiger partial charge on any atom is 0.220 e. The fourth-order valence-electron chi connectivity index (χ4n) is 3.63. The third-order valence-corrected chi connectivity index (χ3v) is 6.70. The summed E-state index contributed by atoms with van der Waals surface area (Å²) in [5.74, 6) is 1.29. The summed E-state index contributed by atoms with van der Waals surface area (Å²) < 4.78 is 26.4. The van der Waals surface area contributed by atoms with Crippen LogP contribution >= 0.6 is 11.8 Å². The third-order valence-electron chi connectivity index (χ3n) is 5.52. The van der Waals surface area contributed by atoms with Gasteiger partial charge in [0.2, 0.25) is 6.54 Å². The highest BCUT2D eigenvalue weighted by atomic mass is 32.2. The second kappa shape index (κ2) is 11.2. The zero-order valence-electron chi connectivity index (χ0n) is 20.1. The highest BCUT2D eigenvalue weighted by Crippen LogP contribution is 2.39. The number of thioether (sulfide) groups is 1. The highest BCUT2D eigenvalue weighted by Gasteiger charge is 2.25. The minimum Gasteiger partial charge on any atom is -0.493 e. The lowest BCUT2D eigenvalue weighted by Crippen LogP contribution is -2.11. The lowest BCUT2D eigenvalue weighted by atomic mass is 10.1. The smallest absolute Gasteiger partial charge is 0.220 e. The van der Waals surface area contributed by atoms with E-state index in [1.165, 1.54) is 31.0 Å². The van der Waals surface area contributed by atoms with Crippen LogP contribution in [0.5, 0.6) is 11.5 Å². The van der Waals surface area contributed by atoms with Crippen molar-refractivity contribution in [3.63, 3.8) is 0 Å². The number of benzene rings is 3. The molecule has 0 saturated carbocycles. The van der Waals surface area contributed by atoms with E-state index in [0.717, 1.165) is 16.8 Å². The zero-order valence-corrected chi connectivity index (χ0v) is 20.9. The predicted octanol–water partition coefficient (Wildman–Crippen LogP) is 5.72. The molecule has 3 aromatic carbocycles. The number of aromatic nitrogens is 3. The summed E-state index contributed by atoms with van der Waals surface area (Å²) in [6, 6.07) is 19.2. The first-order valence-electron chi connectivity index (χ1n) is 11.2. The highest BCUT2D eigenvalue weighted by molar-refractivity contribution is 7.99. The Bertz CT molecular complexity index is 1340. The molecule has 0 aliphatic carbocycles. The monoisotopic (exact) mass is 508 g/mol. The van der Waals surface area contributed by atoms with Gasteiger partial charge in [0.15, 0.2) is 16.7 Å². The molecule has 1 heterocycles. The molecule has 0 saturated heterocycles. The van der Waals surface area contributed by atoms with Gasteiger partial charge in [0.05, 0.1) is 7.11 Å². The summed E-state index contributed by atoms with van der Waals surface area (Å²) in [5.41, 5.74) is 3.50. The van der Waals surface area contributed by atoms with E-state index in [9.17, 15) is 14.5 Å². The molecule has 4 rings (SSSR count). The van der Waals surface area contributed by atoms with Crippen LogP contribution in [0.2, 0.25) is 0 Å². The molecule has 0 radical (unpaired) electrons. The molecular weight excluding hydrogens is 483 g/mol. The molecule has 4 aromatic rings. The molecule has 1 aromatic heterocycles. The molecule has 8 nitrogen and oxygen atoms in total. The molecule has 0 N–H and O–H groups in total. The lowest BCUT2D eigenvalue weighted by molar-refractivity contribution is -0.479. The SMILES string of the molecule is COc1cc([C@H](C[N+](=O)[O-])Sc2nnc(C)n2-c2ccc(C)cc2)ccc1OCc1ccc(F)cc1. The van der Waals surface area contributed by atoms with E-state index >= 15 is 0 Å². The Balaban J connectivity index is 1.59. The van der Waals surface area contributed by atoms with Gasteiger partial charge >= 0.3 is 0 Å². The Morgan fingerprint density at radius 2 is 1.75 bits per heavy atom. The van der Waals surface area contributed by atoms with Gasteiger partial charge in [-0.3, -0.25) is 14.7 Å². The van der Waals surface area contributed by atoms with Crippen molar-refractivity contribution in [2.24, 2.45) is 0 Å². The van der Waals surface area contributed by atoms with Gasteiger partial charge in [0.25, 0.3) is 0 Å². The molecule has 0 bridgehead atoms. The molecule has 0 amide bonds. The van der Waals surface area contributed by atoms with Crippen molar-refractivity contribution < 1.29 is 18.8 Å². The summed E-state index contributed by atoms with van der Waals surface area (Å²) in [7, 11) is 1.51. The van der Waals surface area contributed by atoms with Gasteiger partial charge in [-0.1, -0.05) is 47.7 Å². The first-order valence-corrected chi connectivity index (χ1v) is 12.0. The first kappa shape index (κ1) is 25.2. The quantitative estimate of drug-likeness (QED) is 0.154. The molecule has 0 aliphatic heterocycles. The van der Waals surface area contributed by atoms with Gasteiger partial charge < -0.3 is 9.47 Å². The van der Waals surface area contributed by atoms with Crippen LogP contribution in [0, 0.1) is 29.8 Å². The van der Waals surface area contributed by atoms with Crippen molar-refractivity contribution in [1.82, 2.24) is 14.8 Å². The summed E-state index contributed by atoms with van der Waals surface area (Å²) in [5, 5.41) is 20.0. The van der Waals surface area contributed by atoms with Crippen molar-refractivity contribution in [2.75, 3.05) is 13.7 Å². The standard InChI is InChI=1S/C26H25FN4O4S/c1-17-4-11-22(12-5-17)31-18(2)28-29-26(31)36-25(15-30(32)33)20-8-13-23(24(14-20)34-3)35-16-19-6-9-21(27)10-7-19/h4-14,25H,15-16H2,1-3H3/t25-/m0/s1. The van der Waals surface area contributed by atoms with Crippen molar-refractivity contribution in [3.8, 4) is 17.2 Å². The van der Waals surface area contributed by atoms with E-state index in [2.05, 4.69) is 10.2 Å². The van der Waals surface area contributed by atoms with Crippen LogP contribution < -0.4 is 9.47 Å². The Labute approximate surface area is 212 Å². The first-order chi connectivity index (χ1) is 17.3. The van der Waals surface area contributed by atoms with E-state index in [1.807, 2.05) is 42.7 Å². The number of halogens is 1. The van der Waals surface area contributed by atoms with Crippen LogP contribution in [-0.4, -0.2) is 33.3 Å². The topological polar surface area (TPSA) is 92.3 Å². The molecule has 0 unspecified atom stereocenters. The van der Waals surface area contributed by atoms with Crippen LogP contribution in [0.1, 0.15) is 27.8 Å². The van der Waals surface area contributed by atoms with Crippen molar-refractivity contribution >= 4 is 11.8 Å². The number of rotatable bonds is 10. The largest absolute Gasteiger partial charge is 0.493 e. The van der Waals surface area contributed by atoms with E-state index in [-0.39, 0.29) is 23.9 Å². The number of aryl methyl sites for hydroxylation is 2. The van der Waals surface area contributed by atoms with E-state index < -0.39 is 5.25 Å². The Kier molecular flexibility index (Phi) is 7.84. The average Bonchev–Trinajstić information content (AvgIpc) is 3.23. The summed E-state index contributed by atoms with van der Waals surface area (Å²) in [6.07, 6.45) is 0. The number of hydrogen-bond acceptors (Lipinski definition) is 7. The Morgan fingerprint density at radius 1 is 1.03 bits per heavy atom. The van der Waals surface area contributed by atoms with Gasteiger partial charge in [0.1, 0.15) is 23.5 Å². The molecule has 0 aliphatic rings. The third kappa shape index (κ3) is 6.01. The van der Waals surface area contributed by atoms with Gasteiger partial charge in [-0.25, -0.2) is 4.39 Å². The second-order valence-electron chi connectivity index (χ2n) is 8.15. The minimum atomic E-state index is -0.548. The van der Waals surface area contributed by atoms with E-state index in [1.54, 1.807) is 30.3 Å². The molecule has 186 valence electrons. The minimum absolute atomic E-state index is 0.224. The van der Waals surface area contributed by atoms with Crippen molar-refractivity contribution in [1.29, 1.82) is 0 Å². The predicted molar refractivity (Wildman–Crippen MR) is 135 cm³/mol. The fourth-order valence-corrected chi connectivity index (χ4v) is 4.79. The number of nitrogens with zero attached hydrogens (tertiary/aromatic N) is 4. The number of hydrogen-bond donors (Lipinski definition) is 0. The number of nitro groups is 1. The second-order valence-corrected chi connectivity index (χ2v) is 9.32. The van der Waals surface area contributed by atoms with Crippen LogP contribution in [-0.2, 0) is 6.61 Å². The molecular formula is C26H25FN4O4S. The molecule has 1 atom stereocenters. The van der Waals surface area contributed by atoms with Gasteiger partial charge in [-0.2, -0.15) is 0 Å². The average molecular weight is 509 g/mol. The fraction of sp³-hybridized carbons (Fsp3) is 0.231. The van der Waals surface area contributed by atoms with Gasteiger partial charge in [-0.05, 0) is 61.4 Å². The van der Waals surface area contributed by atoms with Crippen LogP contribution in [0.4, 0.5) is 4.39 Å². The lowest BCUT2D eigenvalue weighted by Gasteiger charge is -2.17. The van der Waals surface area contributed by atoms with Crippen molar-refractivity contribution in [2.45, 2.75) is 30.9 Å². The summed E-state index contributed by atoms with van der Waals surface area (Å²) >= 11 is 1.27. The van der Waals surface area contributed by atoms with Crippen LogP contribution in [0.15, 0.2) is 71.9 Å². The van der Waals surface area contributed by atoms with Crippen molar-refractivity contribution in [3.05, 3.63) is 105 Å². The van der Waals surface area contributed by atoms with Crippen LogP contribution in [0.25, 0.3) is 5.69 Å². The Morgan fingerprint density at radius 3 is 2.42 bits per heavy atom. The zero-order chi connectivity index (χ0) is 25.7. The number of ether oxygens (including phenoxy) is 2. The van der Waals surface area contributed by atoms with Gasteiger partial charge in [0, 0.05) is 10.6 Å². The maximum atomic E-state index is 13.2. The number of methoxy groups -OCH3 is 1. The normalized spacial score (nSPS) is 11.8. The van der Waals surface area contributed by atoms with Crippen LogP contribution in [0.3, 0.4) is 0 Å². The Hall–Kier alpha value is -3.92. The molecule has 0 spiro atoms. The molecule has 36 heavy (non-hydrogen) atoms. The maximum absolute atomic E-state index is 13.2. The molecule has 10 heteroatoms.